The van der Waals surface area contributed by atoms with Crippen molar-refractivity contribution >= 4 is 11.8 Å². The summed E-state index contributed by atoms with van der Waals surface area (Å²) in [7, 11) is 2.14. The van der Waals surface area contributed by atoms with Crippen LogP contribution in [0.25, 0.3) is 0 Å². The van der Waals surface area contributed by atoms with E-state index in [0.717, 1.165) is 50.4 Å². The summed E-state index contributed by atoms with van der Waals surface area (Å²) in [5, 5.41) is 11.9. The average Bonchev–Trinajstić information content (AvgIpc) is 2.67. The molecule has 1 aromatic heterocycles. The van der Waals surface area contributed by atoms with E-state index < -0.39 is 0 Å². The number of rotatable bonds is 3. The molecule has 3 heterocycles. The number of carbonyl (C=O) groups is 1. The zero-order chi connectivity index (χ0) is 17.6. The highest BCUT2D eigenvalue weighted by Gasteiger charge is 2.22. The fraction of sp³-hybridized carbons (Fsp3) is 0.611. The molecule has 134 valence electrons. The number of piperazine rings is 1. The third-order valence-electron chi connectivity index (χ3n) is 5.05. The maximum atomic E-state index is 12.3. The number of amides is 2. The van der Waals surface area contributed by atoms with Crippen molar-refractivity contribution in [3.05, 3.63) is 23.9 Å². The number of hydrogen-bond acceptors (Lipinski definition) is 5. The summed E-state index contributed by atoms with van der Waals surface area (Å²) in [6.45, 7) is 5.86. The third-order valence-corrected chi connectivity index (χ3v) is 5.05. The minimum atomic E-state index is -0.0469. The zero-order valence-corrected chi connectivity index (χ0v) is 14.8. The SMILES string of the molecule is CN1CCN(c2cc(CNC(=O)N3CCC(C#N)CC3)ccn2)CC1. The average molecular weight is 342 g/mol. The first kappa shape index (κ1) is 17.5. The summed E-state index contributed by atoms with van der Waals surface area (Å²) >= 11 is 0. The van der Waals surface area contributed by atoms with Crippen LogP contribution in [-0.4, -0.2) is 67.1 Å². The number of likely N-dealkylation sites (N-methyl/N-ethyl adjacent to an activating group) is 1. The molecule has 2 aliphatic rings. The summed E-state index contributed by atoms with van der Waals surface area (Å²) < 4.78 is 0. The number of nitrogens with zero attached hydrogens (tertiary/aromatic N) is 5. The molecule has 3 rings (SSSR count). The Kier molecular flexibility index (Phi) is 5.71. The van der Waals surface area contributed by atoms with Crippen LogP contribution in [0.5, 0.6) is 0 Å². The molecule has 25 heavy (non-hydrogen) atoms. The van der Waals surface area contributed by atoms with E-state index in [0.29, 0.717) is 19.6 Å². The molecule has 2 saturated heterocycles. The van der Waals surface area contributed by atoms with Gasteiger partial charge >= 0.3 is 6.03 Å². The van der Waals surface area contributed by atoms with Crippen molar-refractivity contribution in [2.45, 2.75) is 19.4 Å². The molecule has 0 spiro atoms. The highest BCUT2D eigenvalue weighted by molar-refractivity contribution is 5.74. The normalized spacial score (nSPS) is 19.5. The van der Waals surface area contributed by atoms with E-state index in [-0.39, 0.29) is 11.9 Å². The Morgan fingerprint density at radius 3 is 2.68 bits per heavy atom. The number of anilines is 1. The van der Waals surface area contributed by atoms with Gasteiger partial charge in [0, 0.05) is 57.9 Å². The Hall–Kier alpha value is -2.33. The molecule has 7 nitrogen and oxygen atoms in total. The first-order valence-electron chi connectivity index (χ1n) is 8.96. The monoisotopic (exact) mass is 342 g/mol. The van der Waals surface area contributed by atoms with Gasteiger partial charge in [-0.1, -0.05) is 0 Å². The van der Waals surface area contributed by atoms with Crippen LogP contribution in [0.4, 0.5) is 10.6 Å². The molecular formula is C18H26N6O. The predicted molar refractivity (Wildman–Crippen MR) is 96.1 cm³/mol. The minimum Gasteiger partial charge on any atom is -0.354 e. The molecule has 2 aliphatic heterocycles. The van der Waals surface area contributed by atoms with E-state index in [4.69, 9.17) is 5.26 Å². The van der Waals surface area contributed by atoms with Crippen LogP contribution in [0.2, 0.25) is 0 Å². The van der Waals surface area contributed by atoms with Gasteiger partial charge in [0.05, 0.1) is 6.07 Å². The van der Waals surface area contributed by atoms with E-state index in [1.807, 2.05) is 12.3 Å². The van der Waals surface area contributed by atoms with Gasteiger partial charge in [0.25, 0.3) is 0 Å². The maximum absolute atomic E-state index is 12.3. The Morgan fingerprint density at radius 2 is 2.00 bits per heavy atom. The first-order chi connectivity index (χ1) is 12.2. The molecule has 0 saturated carbocycles. The highest BCUT2D eigenvalue weighted by Crippen LogP contribution is 2.17. The summed E-state index contributed by atoms with van der Waals surface area (Å²) in [5.41, 5.74) is 1.06. The lowest BCUT2D eigenvalue weighted by Crippen LogP contribution is -2.45. The molecule has 0 aromatic carbocycles. The Labute approximate surface area is 149 Å². The highest BCUT2D eigenvalue weighted by atomic mass is 16.2. The van der Waals surface area contributed by atoms with Crippen LogP contribution in [0, 0.1) is 17.2 Å². The lowest BCUT2D eigenvalue weighted by molar-refractivity contribution is 0.178. The van der Waals surface area contributed by atoms with Crippen LogP contribution in [0.3, 0.4) is 0 Å². The van der Waals surface area contributed by atoms with E-state index in [9.17, 15) is 4.79 Å². The van der Waals surface area contributed by atoms with Gasteiger partial charge in [-0.05, 0) is 37.6 Å². The number of nitrogens with one attached hydrogen (secondary N) is 1. The third kappa shape index (κ3) is 4.60. The molecule has 0 unspecified atom stereocenters. The van der Waals surface area contributed by atoms with Gasteiger partial charge in [-0.25, -0.2) is 9.78 Å². The molecule has 0 radical (unpaired) electrons. The molecule has 0 bridgehead atoms. The standard InChI is InChI=1S/C18H26N6O/c1-22-8-10-23(11-9-22)17-12-16(2-5-20-17)14-21-18(25)24-6-3-15(13-19)4-7-24/h2,5,12,15H,3-4,6-11,14H2,1H3,(H,21,25). The zero-order valence-electron chi connectivity index (χ0n) is 14.8. The van der Waals surface area contributed by atoms with Crippen molar-refractivity contribution in [2.24, 2.45) is 5.92 Å². The second-order valence-electron chi connectivity index (χ2n) is 6.86. The minimum absolute atomic E-state index is 0.0469. The number of aromatic nitrogens is 1. The molecule has 1 N–H and O–H groups in total. The van der Waals surface area contributed by atoms with Crippen LogP contribution in [-0.2, 0) is 6.54 Å². The van der Waals surface area contributed by atoms with Crippen LogP contribution >= 0.6 is 0 Å². The van der Waals surface area contributed by atoms with Gasteiger partial charge in [0.2, 0.25) is 0 Å². The first-order valence-corrected chi connectivity index (χ1v) is 8.96. The topological polar surface area (TPSA) is 75.5 Å². The van der Waals surface area contributed by atoms with E-state index >= 15 is 0 Å². The van der Waals surface area contributed by atoms with Crippen LogP contribution < -0.4 is 10.2 Å². The van der Waals surface area contributed by atoms with Crippen LogP contribution in [0.15, 0.2) is 18.3 Å². The Morgan fingerprint density at radius 1 is 1.28 bits per heavy atom. The fourth-order valence-electron chi connectivity index (χ4n) is 3.28. The van der Waals surface area contributed by atoms with Gasteiger partial charge in [-0.3, -0.25) is 0 Å². The lowest BCUT2D eigenvalue weighted by atomic mass is 9.99. The van der Waals surface area contributed by atoms with Gasteiger partial charge in [-0.2, -0.15) is 5.26 Å². The maximum Gasteiger partial charge on any atom is 0.317 e. The van der Waals surface area contributed by atoms with E-state index in [1.54, 1.807) is 4.90 Å². The van der Waals surface area contributed by atoms with Gasteiger partial charge in [0.15, 0.2) is 0 Å². The van der Waals surface area contributed by atoms with Crippen molar-refractivity contribution in [3.63, 3.8) is 0 Å². The van der Waals surface area contributed by atoms with Crippen LogP contribution in [0.1, 0.15) is 18.4 Å². The number of piperidine rings is 1. The molecular weight excluding hydrogens is 316 g/mol. The molecule has 2 amide bonds. The van der Waals surface area contributed by atoms with Gasteiger partial charge in [-0.15, -0.1) is 0 Å². The molecule has 7 heteroatoms. The second-order valence-corrected chi connectivity index (χ2v) is 6.86. The fourth-order valence-corrected chi connectivity index (χ4v) is 3.28. The van der Waals surface area contributed by atoms with Crippen molar-refractivity contribution in [1.82, 2.24) is 20.1 Å². The summed E-state index contributed by atoms with van der Waals surface area (Å²) in [5.74, 6) is 1.07. The molecule has 0 aliphatic carbocycles. The van der Waals surface area contributed by atoms with E-state index in [1.165, 1.54) is 0 Å². The summed E-state index contributed by atoms with van der Waals surface area (Å²) in [4.78, 5) is 23.2. The van der Waals surface area contributed by atoms with Crippen molar-refractivity contribution < 1.29 is 4.79 Å². The number of pyridine rings is 1. The quantitative estimate of drug-likeness (QED) is 0.895. The number of likely N-dealkylation sites (tertiary alicyclic amines) is 1. The Balaban J connectivity index is 1.51. The smallest absolute Gasteiger partial charge is 0.317 e. The molecule has 0 atom stereocenters. The number of nitriles is 1. The van der Waals surface area contributed by atoms with Crippen molar-refractivity contribution in [3.8, 4) is 6.07 Å². The second kappa shape index (κ2) is 8.17. The predicted octanol–water partition coefficient (Wildman–Crippen LogP) is 1.28. The molecule has 2 fully saturated rings. The van der Waals surface area contributed by atoms with Crippen molar-refractivity contribution in [1.29, 1.82) is 5.26 Å². The largest absolute Gasteiger partial charge is 0.354 e. The Bertz CT molecular complexity index is 627. The summed E-state index contributed by atoms with van der Waals surface area (Å²) in [6.07, 6.45) is 3.35. The number of urea groups is 1. The summed E-state index contributed by atoms with van der Waals surface area (Å²) in [6, 6.07) is 6.25. The lowest BCUT2D eigenvalue weighted by Gasteiger charge is -2.33. The van der Waals surface area contributed by atoms with Crippen molar-refractivity contribution in [2.75, 3.05) is 51.2 Å². The van der Waals surface area contributed by atoms with Gasteiger partial charge < -0.3 is 20.0 Å². The van der Waals surface area contributed by atoms with E-state index in [2.05, 4.69) is 39.3 Å². The van der Waals surface area contributed by atoms with Gasteiger partial charge in [0.1, 0.15) is 5.82 Å². The molecule has 1 aromatic rings. The number of hydrogen-bond donors (Lipinski definition) is 1. The number of carbonyl (C=O) groups excluding carboxylic acids is 1.